The zero-order chi connectivity index (χ0) is 17.5. The molecular weight excluding hydrogens is 300 g/mol. The fraction of sp³-hybridized carbons (Fsp3) is 0.650. The van der Waals surface area contributed by atoms with Crippen molar-refractivity contribution in [1.82, 2.24) is 10.2 Å². The molecule has 0 radical (unpaired) electrons. The summed E-state index contributed by atoms with van der Waals surface area (Å²) in [6, 6.07) is 5.91. The Kier molecular flexibility index (Phi) is 7.25. The topological polar surface area (TPSA) is 41.6 Å². The molecule has 1 aromatic rings. The fourth-order valence-electron chi connectivity index (χ4n) is 2.90. The number of carbonyl (C=O) groups is 1. The molecule has 1 aliphatic rings. The minimum absolute atomic E-state index is 0.228. The molecule has 1 saturated heterocycles. The van der Waals surface area contributed by atoms with E-state index in [1.807, 2.05) is 18.2 Å². The highest BCUT2D eigenvalue weighted by Gasteiger charge is 2.15. The van der Waals surface area contributed by atoms with E-state index in [1.54, 1.807) is 0 Å². The molecule has 24 heavy (non-hydrogen) atoms. The van der Waals surface area contributed by atoms with Gasteiger partial charge in [-0.05, 0) is 35.6 Å². The lowest BCUT2D eigenvalue weighted by Crippen LogP contribution is -2.44. The van der Waals surface area contributed by atoms with E-state index >= 15 is 0 Å². The van der Waals surface area contributed by atoms with Gasteiger partial charge in [0.15, 0.2) is 5.78 Å². The van der Waals surface area contributed by atoms with E-state index in [0.717, 1.165) is 49.6 Å². The van der Waals surface area contributed by atoms with Crippen LogP contribution in [0.1, 0.15) is 56.0 Å². The van der Waals surface area contributed by atoms with Gasteiger partial charge in [-0.3, -0.25) is 4.79 Å². The number of nitrogens with zero attached hydrogens (tertiary/aromatic N) is 1. The molecule has 1 heterocycles. The number of ketones is 1. The lowest BCUT2D eigenvalue weighted by atomic mass is 9.97. The van der Waals surface area contributed by atoms with Crippen molar-refractivity contribution in [2.45, 2.75) is 40.0 Å². The van der Waals surface area contributed by atoms with Gasteiger partial charge >= 0.3 is 0 Å². The van der Waals surface area contributed by atoms with Gasteiger partial charge in [0.1, 0.15) is 5.75 Å². The third-order valence-electron chi connectivity index (χ3n) is 4.39. The van der Waals surface area contributed by atoms with Crippen LogP contribution in [-0.2, 0) is 0 Å². The Labute approximate surface area is 146 Å². The predicted octanol–water partition coefficient (Wildman–Crippen LogP) is 3.32. The highest BCUT2D eigenvalue weighted by Crippen LogP contribution is 2.28. The number of carbonyl (C=O) groups excluding carboxylic acids is 1. The van der Waals surface area contributed by atoms with E-state index in [-0.39, 0.29) is 5.78 Å². The molecule has 1 aliphatic heterocycles. The summed E-state index contributed by atoms with van der Waals surface area (Å²) in [5.41, 5.74) is 1.94. The van der Waals surface area contributed by atoms with Crippen LogP contribution in [0.4, 0.5) is 0 Å². The lowest BCUT2D eigenvalue weighted by Gasteiger charge is -2.26. The molecule has 134 valence electrons. The quantitative estimate of drug-likeness (QED) is 0.742. The number of hydrogen-bond donors (Lipinski definition) is 1. The molecule has 0 unspecified atom stereocenters. The number of ether oxygens (including phenoxy) is 1. The number of hydrogen-bond acceptors (Lipinski definition) is 4. The number of rotatable bonds is 8. The molecule has 0 aromatic heterocycles. The number of piperazine rings is 1. The van der Waals surface area contributed by atoms with E-state index in [2.05, 4.69) is 37.9 Å². The average molecular weight is 332 g/mol. The van der Waals surface area contributed by atoms with E-state index in [4.69, 9.17) is 4.74 Å². The molecule has 1 aromatic carbocycles. The first-order valence-electron chi connectivity index (χ1n) is 9.20. The first kappa shape index (κ1) is 18.9. The van der Waals surface area contributed by atoms with Crippen LogP contribution in [0.15, 0.2) is 18.2 Å². The van der Waals surface area contributed by atoms with Gasteiger partial charge in [-0.1, -0.05) is 27.7 Å². The summed E-state index contributed by atoms with van der Waals surface area (Å²) in [4.78, 5) is 14.9. The second-order valence-electron chi connectivity index (χ2n) is 7.38. The first-order chi connectivity index (χ1) is 11.5. The standard InChI is InChI=1S/C20H32N2O2/c1-15(2)14-24-20-6-5-17(13-18(20)16(3)4)19(23)7-10-22-11-8-21-9-12-22/h5-6,13,15-16,21H,7-12,14H2,1-4H3. The zero-order valence-corrected chi connectivity index (χ0v) is 15.6. The molecule has 0 spiro atoms. The van der Waals surface area contributed by atoms with Gasteiger partial charge in [0.25, 0.3) is 0 Å². The van der Waals surface area contributed by atoms with Crippen molar-refractivity contribution in [1.29, 1.82) is 0 Å². The maximum atomic E-state index is 12.6. The van der Waals surface area contributed by atoms with Crippen molar-refractivity contribution in [3.63, 3.8) is 0 Å². The number of nitrogens with one attached hydrogen (secondary N) is 1. The summed E-state index contributed by atoms with van der Waals surface area (Å²) in [7, 11) is 0. The van der Waals surface area contributed by atoms with Gasteiger partial charge in [0, 0.05) is 44.7 Å². The van der Waals surface area contributed by atoms with Crippen molar-refractivity contribution >= 4 is 5.78 Å². The van der Waals surface area contributed by atoms with Crippen LogP contribution in [0, 0.1) is 5.92 Å². The van der Waals surface area contributed by atoms with Gasteiger partial charge in [-0.25, -0.2) is 0 Å². The van der Waals surface area contributed by atoms with Gasteiger partial charge in [0.2, 0.25) is 0 Å². The van der Waals surface area contributed by atoms with Crippen LogP contribution in [0.25, 0.3) is 0 Å². The number of Topliss-reactive ketones (excluding diaryl/α,β-unsaturated/α-hetero) is 1. The van der Waals surface area contributed by atoms with Crippen molar-refractivity contribution in [2.75, 3.05) is 39.3 Å². The highest BCUT2D eigenvalue weighted by molar-refractivity contribution is 5.96. The lowest BCUT2D eigenvalue weighted by molar-refractivity contribution is 0.0960. The van der Waals surface area contributed by atoms with Crippen molar-refractivity contribution in [3.05, 3.63) is 29.3 Å². The highest BCUT2D eigenvalue weighted by atomic mass is 16.5. The van der Waals surface area contributed by atoms with E-state index in [0.29, 0.717) is 24.9 Å². The van der Waals surface area contributed by atoms with Gasteiger partial charge in [-0.15, -0.1) is 0 Å². The van der Waals surface area contributed by atoms with Crippen molar-refractivity contribution < 1.29 is 9.53 Å². The molecular formula is C20H32N2O2. The summed E-state index contributed by atoms with van der Waals surface area (Å²) in [5, 5.41) is 3.34. The van der Waals surface area contributed by atoms with Gasteiger partial charge in [-0.2, -0.15) is 0 Å². The zero-order valence-electron chi connectivity index (χ0n) is 15.6. The Morgan fingerprint density at radius 2 is 1.92 bits per heavy atom. The summed E-state index contributed by atoms with van der Waals surface area (Å²) in [6.07, 6.45) is 0.587. The van der Waals surface area contributed by atoms with Crippen LogP contribution in [-0.4, -0.2) is 50.0 Å². The second kappa shape index (κ2) is 9.19. The Morgan fingerprint density at radius 1 is 1.21 bits per heavy atom. The largest absolute Gasteiger partial charge is 0.493 e. The van der Waals surface area contributed by atoms with E-state index in [1.165, 1.54) is 0 Å². The molecule has 0 saturated carbocycles. The van der Waals surface area contributed by atoms with E-state index in [9.17, 15) is 4.79 Å². The Balaban J connectivity index is 2.00. The van der Waals surface area contributed by atoms with Crippen LogP contribution < -0.4 is 10.1 Å². The summed E-state index contributed by atoms with van der Waals surface area (Å²) >= 11 is 0. The van der Waals surface area contributed by atoms with Crippen LogP contribution in [0.5, 0.6) is 5.75 Å². The summed E-state index contributed by atoms with van der Waals surface area (Å²) in [6.45, 7) is 14.2. The third kappa shape index (κ3) is 5.60. The molecule has 0 atom stereocenters. The van der Waals surface area contributed by atoms with Gasteiger partial charge in [0.05, 0.1) is 6.61 Å². The smallest absolute Gasteiger partial charge is 0.164 e. The predicted molar refractivity (Wildman–Crippen MR) is 99.1 cm³/mol. The first-order valence-corrected chi connectivity index (χ1v) is 9.20. The van der Waals surface area contributed by atoms with Gasteiger partial charge < -0.3 is 15.0 Å². The number of benzene rings is 1. The molecule has 1 N–H and O–H groups in total. The molecule has 4 heteroatoms. The fourth-order valence-corrected chi connectivity index (χ4v) is 2.90. The minimum Gasteiger partial charge on any atom is -0.493 e. The maximum absolute atomic E-state index is 12.6. The third-order valence-corrected chi connectivity index (χ3v) is 4.39. The normalized spacial score (nSPS) is 15.9. The Morgan fingerprint density at radius 3 is 2.54 bits per heavy atom. The molecule has 0 bridgehead atoms. The van der Waals surface area contributed by atoms with Crippen molar-refractivity contribution in [3.8, 4) is 5.75 Å². The summed E-state index contributed by atoms with van der Waals surface area (Å²) in [5.74, 6) is 1.97. The van der Waals surface area contributed by atoms with E-state index < -0.39 is 0 Å². The monoisotopic (exact) mass is 332 g/mol. The Hall–Kier alpha value is -1.39. The molecule has 0 aliphatic carbocycles. The van der Waals surface area contributed by atoms with Crippen LogP contribution in [0.3, 0.4) is 0 Å². The molecule has 4 nitrogen and oxygen atoms in total. The van der Waals surface area contributed by atoms with Crippen molar-refractivity contribution in [2.24, 2.45) is 5.92 Å². The second-order valence-corrected chi connectivity index (χ2v) is 7.38. The Bertz CT molecular complexity index is 534. The maximum Gasteiger partial charge on any atom is 0.164 e. The average Bonchev–Trinajstić information content (AvgIpc) is 2.58. The van der Waals surface area contributed by atoms with Crippen LogP contribution in [0.2, 0.25) is 0 Å². The summed E-state index contributed by atoms with van der Waals surface area (Å²) < 4.78 is 5.92. The molecule has 2 rings (SSSR count). The van der Waals surface area contributed by atoms with Crippen LogP contribution >= 0.6 is 0 Å². The minimum atomic E-state index is 0.228. The molecule has 0 amide bonds. The SMILES string of the molecule is CC(C)COc1ccc(C(=O)CCN2CCNCC2)cc1C(C)C. The molecule has 1 fully saturated rings.